The van der Waals surface area contributed by atoms with Crippen LogP contribution in [0.3, 0.4) is 0 Å². The van der Waals surface area contributed by atoms with Gasteiger partial charge >= 0.3 is 0 Å². The number of hydrogen-bond donors (Lipinski definition) is 0. The molecule has 0 unspecified atom stereocenters. The molecule has 1 aromatic heterocycles. The van der Waals surface area contributed by atoms with Gasteiger partial charge in [-0.25, -0.2) is 0 Å². The summed E-state index contributed by atoms with van der Waals surface area (Å²) in [5.74, 6) is 0. The molecule has 67 valence electrons. The van der Waals surface area contributed by atoms with Gasteiger partial charge in [0.1, 0.15) is 0 Å². The molecule has 2 rings (SSSR count). The quantitative estimate of drug-likeness (QED) is 0.711. The molecule has 0 fully saturated rings. The van der Waals surface area contributed by atoms with Crippen molar-refractivity contribution in [1.82, 2.24) is 9.97 Å². The predicted octanol–water partition coefficient (Wildman–Crippen LogP) is 2.45. The molecule has 0 saturated heterocycles. The van der Waals surface area contributed by atoms with E-state index in [4.69, 9.17) is 0 Å². The van der Waals surface area contributed by atoms with E-state index in [1.165, 1.54) is 0 Å². The summed E-state index contributed by atoms with van der Waals surface area (Å²) < 4.78 is 0. The molecule has 14 heavy (non-hydrogen) atoms. The SMILES string of the molecule is [c]1cccc(C=Cc2cnccn2)c1. The first-order chi connectivity index (χ1) is 6.95. The van der Waals surface area contributed by atoms with Gasteiger partial charge < -0.3 is 0 Å². The second kappa shape index (κ2) is 4.33. The molecule has 2 heteroatoms. The maximum absolute atomic E-state index is 4.13. The third kappa shape index (κ3) is 2.26. The number of nitrogens with zero attached hydrogens (tertiary/aromatic N) is 2. The molecule has 0 amide bonds. The first-order valence-electron chi connectivity index (χ1n) is 4.35. The van der Waals surface area contributed by atoms with Gasteiger partial charge in [-0.05, 0) is 23.8 Å². The molecule has 0 N–H and O–H groups in total. The fourth-order valence-corrected chi connectivity index (χ4v) is 1.09. The van der Waals surface area contributed by atoms with Gasteiger partial charge in [0.25, 0.3) is 0 Å². The molecule has 1 aromatic carbocycles. The van der Waals surface area contributed by atoms with E-state index in [0.717, 1.165) is 11.3 Å². The van der Waals surface area contributed by atoms with Gasteiger partial charge in [0.05, 0.1) is 11.9 Å². The van der Waals surface area contributed by atoms with Gasteiger partial charge in [-0.15, -0.1) is 0 Å². The fraction of sp³-hybridized carbons (Fsp3) is 0. The van der Waals surface area contributed by atoms with Crippen molar-refractivity contribution >= 4 is 12.2 Å². The zero-order valence-electron chi connectivity index (χ0n) is 7.59. The molecule has 1 radical (unpaired) electrons. The number of benzene rings is 1. The van der Waals surface area contributed by atoms with E-state index in [-0.39, 0.29) is 0 Å². The Morgan fingerprint density at radius 3 is 2.93 bits per heavy atom. The van der Waals surface area contributed by atoms with Gasteiger partial charge in [-0.1, -0.05) is 24.3 Å². The first kappa shape index (κ1) is 8.63. The van der Waals surface area contributed by atoms with Crippen molar-refractivity contribution in [3.05, 3.63) is 60.2 Å². The highest BCUT2D eigenvalue weighted by Gasteiger charge is 1.86. The van der Waals surface area contributed by atoms with Crippen LogP contribution in [0.1, 0.15) is 11.3 Å². The monoisotopic (exact) mass is 181 g/mol. The predicted molar refractivity (Wildman–Crippen MR) is 56.2 cm³/mol. The zero-order chi connectivity index (χ0) is 9.64. The minimum Gasteiger partial charge on any atom is -0.261 e. The van der Waals surface area contributed by atoms with Gasteiger partial charge in [0.2, 0.25) is 0 Å². The Balaban J connectivity index is 2.16. The molecule has 0 aliphatic rings. The van der Waals surface area contributed by atoms with Crippen molar-refractivity contribution in [2.45, 2.75) is 0 Å². The largest absolute Gasteiger partial charge is 0.261 e. The van der Waals surface area contributed by atoms with Crippen LogP contribution in [0.4, 0.5) is 0 Å². The van der Waals surface area contributed by atoms with Gasteiger partial charge in [0.15, 0.2) is 0 Å². The van der Waals surface area contributed by atoms with Crippen LogP contribution >= 0.6 is 0 Å². The van der Waals surface area contributed by atoms with Crippen LogP contribution in [0.15, 0.2) is 42.9 Å². The maximum Gasteiger partial charge on any atom is 0.0813 e. The summed E-state index contributed by atoms with van der Waals surface area (Å²) in [5, 5.41) is 0. The highest BCUT2D eigenvalue weighted by Crippen LogP contribution is 2.03. The molecule has 0 spiro atoms. The molecule has 0 saturated carbocycles. The Bertz CT molecular complexity index is 365. The number of aromatic nitrogens is 2. The third-order valence-corrected chi connectivity index (χ3v) is 1.76. The molecule has 0 aliphatic carbocycles. The zero-order valence-corrected chi connectivity index (χ0v) is 7.59. The Labute approximate surface area is 83.0 Å². The minimum absolute atomic E-state index is 0.858. The van der Waals surface area contributed by atoms with Crippen LogP contribution in [-0.4, -0.2) is 9.97 Å². The van der Waals surface area contributed by atoms with Crippen LogP contribution in [0, 0.1) is 6.07 Å². The second-order valence-electron chi connectivity index (χ2n) is 2.80. The Morgan fingerprint density at radius 1 is 1.21 bits per heavy atom. The molecule has 1 heterocycles. The maximum atomic E-state index is 4.13. The third-order valence-electron chi connectivity index (χ3n) is 1.76. The summed E-state index contributed by atoms with van der Waals surface area (Å²) in [7, 11) is 0. The van der Waals surface area contributed by atoms with E-state index in [1.807, 2.05) is 36.4 Å². The Morgan fingerprint density at radius 2 is 2.21 bits per heavy atom. The highest BCUT2D eigenvalue weighted by molar-refractivity contribution is 5.67. The van der Waals surface area contributed by atoms with E-state index in [1.54, 1.807) is 18.6 Å². The van der Waals surface area contributed by atoms with Crippen molar-refractivity contribution < 1.29 is 0 Å². The lowest BCUT2D eigenvalue weighted by atomic mass is 10.2. The second-order valence-corrected chi connectivity index (χ2v) is 2.80. The lowest BCUT2D eigenvalue weighted by Gasteiger charge is -1.91. The Kier molecular flexibility index (Phi) is 2.67. The molecular weight excluding hydrogens is 172 g/mol. The van der Waals surface area contributed by atoms with Crippen molar-refractivity contribution in [3.8, 4) is 0 Å². The van der Waals surface area contributed by atoms with Crippen LogP contribution in [0.25, 0.3) is 12.2 Å². The molecule has 0 bridgehead atoms. The van der Waals surface area contributed by atoms with Gasteiger partial charge in [-0.2, -0.15) is 0 Å². The van der Waals surface area contributed by atoms with E-state index in [0.29, 0.717) is 0 Å². The van der Waals surface area contributed by atoms with Crippen molar-refractivity contribution in [2.24, 2.45) is 0 Å². The van der Waals surface area contributed by atoms with Gasteiger partial charge in [0, 0.05) is 12.4 Å². The summed E-state index contributed by atoms with van der Waals surface area (Å²) in [4.78, 5) is 8.11. The van der Waals surface area contributed by atoms with Crippen molar-refractivity contribution in [3.63, 3.8) is 0 Å². The average Bonchev–Trinajstić information content (AvgIpc) is 2.29. The summed E-state index contributed by atoms with van der Waals surface area (Å²) >= 11 is 0. The van der Waals surface area contributed by atoms with Crippen LogP contribution in [-0.2, 0) is 0 Å². The summed E-state index contributed by atoms with van der Waals surface area (Å²) in [6.45, 7) is 0. The molecular formula is C12H9N2. The molecule has 2 nitrogen and oxygen atoms in total. The van der Waals surface area contributed by atoms with Crippen LogP contribution in [0.2, 0.25) is 0 Å². The normalized spacial score (nSPS) is 10.6. The number of hydrogen-bond acceptors (Lipinski definition) is 2. The van der Waals surface area contributed by atoms with E-state index >= 15 is 0 Å². The van der Waals surface area contributed by atoms with Crippen LogP contribution < -0.4 is 0 Å². The minimum atomic E-state index is 0.858. The number of rotatable bonds is 2. The van der Waals surface area contributed by atoms with Gasteiger partial charge in [-0.3, -0.25) is 9.97 Å². The van der Waals surface area contributed by atoms with E-state index in [2.05, 4.69) is 16.0 Å². The fourth-order valence-electron chi connectivity index (χ4n) is 1.09. The van der Waals surface area contributed by atoms with E-state index < -0.39 is 0 Å². The highest BCUT2D eigenvalue weighted by atomic mass is 14.7. The lowest BCUT2D eigenvalue weighted by molar-refractivity contribution is 1.18. The smallest absolute Gasteiger partial charge is 0.0813 e. The molecule has 2 aromatic rings. The summed E-state index contributed by atoms with van der Waals surface area (Å²) in [6.07, 6.45) is 8.98. The topological polar surface area (TPSA) is 25.8 Å². The average molecular weight is 181 g/mol. The molecule has 0 aliphatic heterocycles. The summed E-state index contributed by atoms with van der Waals surface area (Å²) in [5.41, 5.74) is 1.97. The standard InChI is InChI=1S/C12H9N2/c1-2-4-11(5-3-1)6-7-12-10-13-8-9-14-12/h1-2,4-10H. The van der Waals surface area contributed by atoms with Crippen molar-refractivity contribution in [1.29, 1.82) is 0 Å². The lowest BCUT2D eigenvalue weighted by Crippen LogP contribution is -1.79. The summed E-state index contributed by atoms with van der Waals surface area (Å²) in [6, 6.07) is 10.8. The molecule has 0 atom stereocenters. The van der Waals surface area contributed by atoms with E-state index in [9.17, 15) is 0 Å². The first-order valence-corrected chi connectivity index (χ1v) is 4.35. The Hall–Kier alpha value is -1.96. The van der Waals surface area contributed by atoms with Crippen LogP contribution in [0.5, 0.6) is 0 Å². The van der Waals surface area contributed by atoms with Crippen molar-refractivity contribution in [2.75, 3.05) is 0 Å².